The molecule has 2 heterocycles. The van der Waals surface area contributed by atoms with Crippen LogP contribution in [-0.2, 0) is 13.5 Å². The minimum absolute atomic E-state index is 0.294. The monoisotopic (exact) mass is 256 g/mol. The van der Waals surface area contributed by atoms with E-state index in [0.29, 0.717) is 12.0 Å². The highest BCUT2D eigenvalue weighted by atomic mass is 15.2. The number of pyridine rings is 1. The molecular formula is C15H20N4. The second-order valence-electron chi connectivity index (χ2n) is 5.26. The summed E-state index contributed by atoms with van der Waals surface area (Å²) in [4.78, 5) is 4.63. The Hall–Kier alpha value is -1.68. The number of nitrogens with zero attached hydrogens (tertiary/aromatic N) is 3. The van der Waals surface area contributed by atoms with Crippen molar-refractivity contribution in [3.8, 4) is 0 Å². The molecule has 19 heavy (non-hydrogen) atoms. The first kappa shape index (κ1) is 12.4. The van der Waals surface area contributed by atoms with Crippen LogP contribution in [0.3, 0.4) is 0 Å². The van der Waals surface area contributed by atoms with Crippen molar-refractivity contribution in [1.82, 2.24) is 20.1 Å². The first-order valence-electron chi connectivity index (χ1n) is 6.89. The summed E-state index contributed by atoms with van der Waals surface area (Å²) in [6.45, 7) is 0. The fourth-order valence-corrected chi connectivity index (χ4v) is 3.17. The molecule has 0 fully saturated rings. The van der Waals surface area contributed by atoms with Crippen molar-refractivity contribution in [2.75, 3.05) is 7.05 Å². The zero-order valence-electron chi connectivity index (χ0n) is 11.5. The SMILES string of the molecule is CNC(c1cnn(C)c1)C1CCCc2cccnc21. The number of hydrogen-bond donors (Lipinski definition) is 1. The van der Waals surface area contributed by atoms with Crippen LogP contribution >= 0.6 is 0 Å². The molecule has 0 saturated heterocycles. The Morgan fingerprint density at radius 1 is 1.47 bits per heavy atom. The lowest BCUT2D eigenvalue weighted by atomic mass is 9.80. The molecule has 2 aromatic rings. The number of nitrogens with one attached hydrogen (secondary N) is 1. The zero-order chi connectivity index (χ0) is 13.2. The Morgan fingerprint density at radius 3 is 3.11 bits per heavy atom. The van der Waals surface area contributed by atoms with Crippen LogP contribution in [0.15, 0.2) is 30.7 Å². The summed E-state index contributed by atoms with van der Waals surface area (Å²) >= 11 is 0. The van der Waals surface area contributed by atoms with Gasteiger partial charge >= 0.3 is 0 Å². The Bertz CT molecular complexity index is 561. The van der Waals surface area contributed by atoms with Crippen molar-refractivity contribution in [1.29, 1.82) is 0 Å². The van der Waals surface area contributed by atoms with Crippen LogP contribution in [0.1, 0.15) is 41.6 Å². The van der Waals surface area contributed by atoms with Crippen molar-refractivity contribution in [2.24, 2.45) is 7.05 Å². The molecular weight excluding hydrogens is 236 g/mol. The van der Waals surface area contributed by atoms with Gasteiger partial charge in [0.05, 0.1) is 6.20 Å². The summed E-state index contributed by atoms with van der Waals surface area (Å²) in [5.41, 5.74) is 3.91. The number of aryl methyl sites for hydroxylation is 2. The number of rotatable bonds is 3. The first-order valence-corrected chi connectivity index (χ1v) is 6.89. The van der Waals surface area contributed by atoms with E-state index >= 15 is 0 Å². The summed E-state index contributed by atoms with van der Waals surface area (Å²) in [6.07, 6.45) is 9.54. The second kappa shape index (κ2) is 5.13. The molecule has 0 saturated carbocycles. The van der Waals surface area contributed by atoms with Crippen molar-refractivity contribution >= 4 is 0 Å². The van der Waals surface area contributed by atoms with E-state index < -0.39 is 0 Å². The van der Waals surface area contributed by atoms with Crippen LogP contribution in [-0.4, -0.2) is 21.8 Å². The predicted molar refractivity (Wildman–Crippen MR) is 74.9 cm³/mol. The summed E-state index contributed by atoms with van der Waals surface area (Å²) in [7, 11) is 3.98. The number of hydrogen-bond acceptors (Lipinski definition) is 3. The lowest BCUT2D eigenvalue weighted by Gasteiger charge is -2.30. The third-order valence-corrected chi connectivity index (χ3v) is 4.04. The van der Waals surface area contributed by atoms with Gasteiger partial charge in [0.15, 0.2) is 0 Å². The van der Waals surface area contributed by atoms with Gasteiger partial charge in [0.25, 0.3) is 0 Å². The van der Waals surface area contributed by atoms with E-state index in [1.807, 2.05) is 37.2 Å². The van der Waals surface area contributed by atoms with Crippen LogP contribution in [0, 0.1) is 0 Å². The third kappa shape index (κ3) is 2.28. The molecule has 4 heteroatoms. The average molecular weight is 256 g/mol. The molecule has 0 radical (unpaired) electrons. The molecule has 0 bridgehead atoms. The highest BCUT2D eigenvalue weighted by molar-refractivity contribution is 5.30. The van der Waals surface area contributed by atoms with E-state index in [9.17, 15) is 0 Å². The maximum atomic E-state index is 4.63. The molecule has 2 aromatic heterocycles. The topological polar surface area (TPSA) is 42.7 Å². The van der Waals surface area contributed by atoms with E-state index in [2.05, 4.69) is 27.7 Å². The lowest BCUT2D eigenvalue weighted by molar-refractivity contribution is 0.415. The summed E-state index contributed by atoms with van der Waals surface area (Å²) in [5, 5.41) is 7.74. The summed E-state index contributed by atoms with van der Waals surface area (Å²) in [6, 6.07) is 4.55. The summed E-state index contributed by atoms with van der Waals surface area (Å²) in [5.74, 6) is 0.444. The fraction of sp³-hybridized carbons (Fsp3) is 0.467. The Balaban J connectivity index is 1.97. The van der Waals surface area contributed by atoms with E-state index in [4.69, 9.17) is 0 Å². The molecule has 4 nitrogen and oxygen atoms in total. The Labute approximate surface area is 113 Å². The third-order valence-electron chi connectivity index (χ3n) is 4.04. The van der Waals surface area contributed by atoms with Gasteiger partial charge in [-0.25, -0.2) is 0 Å². The van der Waals surface area contributed by atoms with Gasteiger partial charge in [-0.05, 0) is 37.9 Å². The maximum absolute atomic E-state index is 4.63. The smallest absolute Gasteiger partial charge is 0.0537 e. The van der Waals surface area contributed by atoms with Gasteiger partial charge in [-0.15, -0.1) is 0 Å². The normalized spacial score (nSPS) is 20.0. The molecule has 0 spiro atoms. The first-order chi connectivity index (χ1) is 9.29. The molecule has 1 N–H and O–H groups in total. The van der Waals surface area contributed by atoms with Gasteiger partial charge in [-0.3, -0.25) is 9.67 Å². The lowest BCUT2D eigenvalue weighted by Crippen LogP contribution is -2.27. The van der Waals surface area contributed by atoms with Gasteiger partial charge in [-0.1, -0.05) is 6.07 Å². The molecule has 1 aliphatic rings. The maximum Gasteiger partial charge on any atom is 0.0537 e. The van der Waals surface area contributed by atoms with Crippen molar-refractivity contribution in [3.05, 3.63) is 47.5 Å². The van der Waals surface area contributed by atoms with Crippen LogP contribution in [0.4, 0.5) is 0 Å². The molecule has 100 valence electrons. The van der Waals surface area contributed by atoms with E-state index in [-0.39, 0.29) is 0 Å². The minimum atomic E-state index is 0.294. The summed E-state index contributed by atoms with van der Waals surface area (Å²) < 4.78 is 1.86. The molecule has 2 atom stereocenters. The molecule has 0 amide bonds. The van der Waals surface area contributed by atoms with Gasteiger partial charge in [0.1, 0.15) is 0 Å². The number of fused-ring (bicyclic) bond motifs is 1. The van der Waals surface area contributed by atoms with Crippen LogP contribution < -0.4 is 5.32 Å². The highest BCUT2D eigenvalue weighted by Gasteiger charge is 2.29. The zero-order valence-corrected chi connectivity index (χ0v) is 11.5. The molecule has 1 aliphatic carbocycles. The van der Waals surface area contributed by atoms with E-state index in [1.54, 1.807) is 0 Å². The Kier molecular flexibility index (Phi) is 3.34. The van der Waals surface area contributed by atoms with E-state index in [1.165, 1.54) is 29.7 Å². The minimum Gasteiger partial charge on any atom is -0.312 e. The second-order valence-corrected chi connectivity index (χ2v) is 5.26. The quantitative estimate of drug-likeness (QED) is 0.915. The molecule has 0 aromatic carbocycles. The van der Waals surface area contributed by atoms with Gasteiger partial charge in [0, 0.05) is 42.7 Å². The van der Waals surface area contributed by atoms with Crippen molar-refractivity contribution in [2.45, 2.75) is 31.2 Å². The number of aromatic nitrogens is 3. The molecule has 0 aliphatic heterocycles. The Morgan fingerprint density at radius 2 is 2.37 bits per heavy atom. The largest absolute Gasteiger partial charge is 0.312 e. The van der Waals surface area contributed by atoms with Crippen molar-refractivity contribution < 1.29 is 0 Å². The van der Waals surface area contributed by atoms with Gasteiger partial charge in [-0.2, -0.15) is 5.10 Å². The average Bonchev–Trinajstić information content (AvgIpc) is 2.86. The predicted octanol–water partition coefficient (Wildman–Crippen LogP) is 2.20. The van der Waals surface area contributed by atoms with Crippen LogP contribution in [0.2, 0.25) is 0 Å². The molecule has 3 rings (SSSR count). The van der Waals surface area contributed by atoms with Crippen LogP contribution in [0.25, 0.3) is 0 Å². The molecule has 2 unspecified atom stereocenters. The fourth-order valence-electron chi connectivity index (χ4n) is 3.17. The highest BCUT2D eigenvalue weighted by Crippen LogP contribution is 2.38. The van der Waals surface area contributed by atoms with Crippen LogP contribution in [0.5, 0.6) is 0 Å². The standard InChI is InChI=1S/C15H20N4/c1-16-14(12-9-18-19(2)10-12)13-7-3-5-11-6-4-8-17-15(11)13/h4,6,8-10,13-14,16H,3,5,7H2,1-2H3. The van der Waals surface area contributed by atoms with Crippen molar-refractivity contribution in [3.63, 3.8) is 0 Å². The number of likely N-dealkylation sites (N-methyl/N-ethyl adjacent to an activating group) is 1. The van der Waals surface area contributed by atoms with E-state index in [0.717, 1.165) is 6.42 Å². The van der Waals surface area contributed by atoms with Gasteiger partial charge in [0.2, 0.25) is 0 Å². The van der Waals surface area contributed by atoms with Gasteiger partial charge < -0.3 is 5.32 Å².